The van der Waals surface area contributed by atoms with E-state index in [1.807, 2.05) is 18.2 Å². The van der Waals surface area contributed by atoms with Crippen LogP contribution in [0.3, 0.4) is 0 Å². The Balaban J connectivity index is 0.00000225. The lowest BCUT2D eigenvalue weighted by molar-refractivity contribution is 0.0912. The second kappa shape index (κ2) is 8.61. The smallest absolute Gasteiger partial charge is 0.271 e. The summed E-state index contributed by atoms with van der Waals surface area (Å²) in [4.78, 5) is 20.2. The van der Waals surface area contributed by atoms with Gasteiger partial charge in [0, 0.05) is 35.4 Å². The first-order valence-electron chi connectivity index (χ1n) is 8.16. The predicted octanol–water partition coefficient (Wildman–Crippen LogP) is 3.12. The van der Waals surface area contributed by atoms with Crippen LogP contribution in [0, 0.1) is 0 Å². The van der Waals surface area contributed by atoms with Crippen molar-refractivity contribution in [3.05, 3.63) is 59.1 Å². The summed E-state index contributed by atoms with van der Waals surface area (Å²) < 4.78 is 0. The number of amides is 1. The molecule has 1 heterocycles. The molecular formula is C18H22Cl2N4O. The normalized spacial score (nSPS) is 22.7. The number of hydrogen-bond donors (Lipinski definition) is 2. The summed E-state index contributed by atoms with van der Waals surface area (Å²) in [7, 11) is 0. The number of nitrogens with one attached hydrogen (secondary N) is 1. The van der Waals surface area contributed by atoms with E-state index in [4.69, 9.17) is 17.3 Å². The molecule has 1 aliphatic carbocycles. The maximum Gasteiger partial charge on any atom is 0.271 e. The molecule has 134 valence electrons. The number of nitrogens with two attached hydrogens (primary N) is 1. The lowest BCUT2D eigenvalue weighted by Gasteiger charge is -2.40. The van der Waals surface area contributed by atoms with Crippen molar-refractivity contribution < 1.29 is 4.79 Å². The largest absolute Gasteiger partial charge is 0.348 e. The van der Waals surface area contributed by atoms with Crippen LogP contribution < -0.4 is 11.1 Å². The van der Waals surface area contributed by atoms with E-state index < -0.39 is 0 Å². The van der Waals surface area contributed by atoms with Gasteiger partial charge in [-0.25, -0.2) is 4.98 Å². The lowest BCUT2D eigenvalue weighted by Crippen LogP contribution is -2.45. The van der Waals surface area contributed by atoms with Crippen LogP contribution in [0.1, 0.15) is 41.7 Å². The summed E-state index contributed by atoms with van der Waals surface area (Å²) in [5.41, 5.74) is 7.59. The van der Waals surface area contributed by atoms with Gasteiger partial charge in [-0.1, -0.05) is 23.7 Å². The Kier molecular flexibility index (Phi) is 6.76. The summed E-state index contributed by atoms with van der Waals surface area (Å²) in [6.07, 6.45) is 8.18. The van der Waals surface area contributed by atoms with E-state index in [2.05, 4.69) is 21.4 Å². The molecule has 2 aromatic rings. The van der Waals surface area contributed by atoms with E-state index in [0.717, 1.165) is 30.7 Å². The number of halogens is 2. The Morgan fingerprint density at radius 3 is 2.68 bits per heavy atom. The number of aromatic nitrogens is 2. The quantitative estimate of drug-likeness (QED) is 0.853. The molecule has 0 radical (unpaired) electrons. The SMILES string of the molecule is Cl.NCC1(c2cccc(Cl)c2)CCC(NC(=O)c2cnccn2)CC1. The van der Waals surface area contributed by atoms with Crippen molar-refractivity contribution in [1.82, 2.24) is 15.3 Å². The standard InChI is InChI=1S/C18H21ClN4O.ClH/c19-14-3-1-2-13(10-14)18(12-20)6-4-15(5-7-18)23-17(24)16-11-21-8-9-22-16;/h1-3,8-11,15H,4-7,12,20H2,(H,23,24);1H. The lowest BCUT2D eigenvalue weighted by atomic mass is 9.68. The third-order valence-corrected chi connectivity index (χ3v) is 5.14. The molecule has 1 fully saturated rings. The molecule has 0 unspecified atom stereocenters. The zero-order valence-corrected chi connectivity index (χ0v) is 15.4. The fraction of sp³-hybridized carbons (Fsp3) is 0.389. The zero-order chi connectivity index (χ0) is 17.0. The second-order valence-electron chi connectivity index (χ2n) is 6.33. The van der Waals surface area contributed by atoms with Gasteiger partial charge in [0.25, 0.3) is 5.91 Å². The minimum atomic E-state index is -0.170. The first kappa shape index (κ1) is 19.6. The molecule has 1 amide bonds. The molecule has 3 N–H and O–H groups in total. The highest BCUT2D eigenvalue weighted by atomic mass is 35.5. The molecule has 0 saturated heterocycles. The highest BCUT2D eigenvalue weighted by Gasteiger charge is 2.36. The average molecular weight is 381 g/mol. The van der Waals surface area contributed by atoms with Crippen LogP contribution in [0.2, 0.25) is 5.02 Å². The third kappa shape index (κ3) is 4.48. The fourth-order valence-electron chi connectivity index (χ4n) is 3.42. The molecule has 0 spiro atoms. The highest BCUT2D eigenvalue weighted by molar-refractivity contribution is 6.30. The van der Waals surface area contributed by atoms with Gasteiger partial charge in [0.05, 0.1) is 6.20 Å². The molecular weight excluding hydrogens is 359 g/mol. The first-order valence-corrected chi connectivity index (χ1v) is 8.54. The Morgan fingerprint density at radius 1 is 1.32 bits per heavy atom. The maximum absolute atomic E-state index is 12.2. The molecule has 3 rings (SSSR count). The molecule has 1 aliphatic rings. The Labute approximate surface area is 158 Å². The molecule has 1 saturated carbocycles. The van der Waals surface area contributed by atoms with Crippen molar-refractivity contribution in [3.63, 3.8) is 0 Å². The van der Waals surface area contributed by atoms with Crippen LogP contribution in [0.4, 0.5) is 0 Å². The minimum absolute atomic E-state index is 0. The van der Waals surface area contributed by atoms with E-state index in [9.17, 15) is 4.79 Å². The van der Waals surface area contributed by atoms with Gasteiger partial charge in [-0.3, -0.25) is 9.78 Å². The van der Waals surface area contributed by atoms with Crippen molar-refractivity contribution in [2.24, 2.45) is 5.73 Å². The number of benzene rings is 1. The van der Waals surface area contributed by atoms with Crippen LogP contribution in [-0.2, 0) is 5.41 Å². The van der Waals surface area contributed by atoms with Crippen molar-refractivity contribution in [3.8, 4) is 0 Å². The van der Waals surface area contributed by atoms with Crippen molar-refractivity contribution in [2.75, 3.05) is 6.54 Å². The number of carbonyl (C=O) groups excluding carboxylic acids is 1. The van der Waals surface area contributed by atoms with Crippen LogP contribution in [0.25, 0.3) is 0 Å². The second-order valence-corrected chi connectivity index (χ2v) is 6.77. The zero-order valence-electron chi connectivity index (χ0n) is 13.8. The number of rotatable bonds is 4. The van der Waals surface area contributed by atoms with Gasteiger partial charge < -0.3 is 11.1 Å². The molecule has 0 aliphatic heterocycles. The van der Waals surface area contributed by atoms with Gasteiger partial charge >= 0.3 is 0 Å². The van der Waals surface area contributed by atoms with Gasteiger partial charge in [-0.2, -0.15) is 0 Å². The van der Waals surface area contributed by atoms with Gasteiger partial charge in [0.2, 0.25) is 0 Å². The predicted molar refractivity (Wildman–Crippen MR) is 101 cm³/mol. The Hall–Kier alpha value is -1.69. The van der Waals surface area contributed by atoms with Gasteiger partial charge in [0.15, 0.2) is 0 Å². The average Bonchev–Trinajstić information content (AvgIpc) is 2.63. The van der Waals surface area contributed by atoms with E-state index in [1.165, 1.54) is 18.0 Å². The molecule has 25 heavy (non-hydrogen) atoms. The van der Waals surface area contributed by atoms with E-state index in [0.29, 0.717) is 12.2 Å². The summed E-state index contributed by atoms with van der Waals surface area (Å²) in [6, 6.07) is 8.08. The van der Waals surface area contributed by atoms with Gasteiger partial charge in [-0.15, -0.1) is 12.4 Å². The summed E-state index contributed by atoms with van der Waals surface area (Å²) >= 11 is 6.14. The molecule has 5 nitrogen and oxygen atoms in total. The Morgan fingerprint density at radius 2 is 2.08 bits per heavy atom. The van der Waals surface area contributed by atoms with Crippen LogP contribution in [-0.4, -0.2) is 28.5 Å². The monoisotopic (exact) mass is 380 g/mol. The number of hydrogen-bond acceptors (Lipinski definition) is 4. The topological polar surface area (TPSA) is 80.9 Å². The van der Waals surface area contributed by atoms with E-state index in [1.54, 1.807) is 6.20 Å². The number of nitrogens with zero attached hydrogens (tertiary/aromatic N) is 2. The van der Waals surface area contributed by atoms with Crippen LogP contribution >= 0.6 is 24.0 Å². The molecule has 0 bridgehead atoms. The Bertz CT molecular complexity index is 703. The summed E-state index contributed by atoms with van der Waals surface area (Å²) in [5, 5.41) is 3.79. The third-order valence-electron chi connectivity index (χ3n) is 4.90. The summed E-state index contributed by atoms with van der Waals surface area (Å²) in [6.45, 7) is 0.582. The molecule has 7 heteroatoms. The summed E-state index contributed by atoms with van der Waals surface area (Å²) in [5.74, 6) is -0.170. The van der Waals surface area contributed by atoms with E-state index >= 15 is 0 Å². The highest BCUT2D eigenvalue weighted by Crippen LogP contribution is 2.39. The van der Waals surface area contributed by atoms with Crippen LogP contribution in [0.15, 0.2) is 42.9 Å². The maximum atomic E-state index is 12.2. The van der Waals surface area contributed by atoms with Crippen molar-refractivity contribution in [2.45, 2.75) is 37.1 Å². The van der Waals surface area contributed by atoms with Gasteiger partial charge in [0.1, 0.15) is 5.69 Å². The first-order chi connectivity index (χ1) is 11.6. The van der Waals surface area contributed by atoms with E-state index in [-0.39, 0.29) is 29.8 Å². The van der Waals surface area contributed by atoms with Crippen molar-refractivity contribution in [1.29, 1.82) is 0 Å². The molecule has 0 atom stereocenters. The fourth-order valence-corrected chi connectivity index (χ4v) is 3.61. The molecule has 1 aromatic carbocycles. The van der Waals surface area contributed by atoms with Crippen molar-refractivity contribution >= 4 is 29.9 Å². The number of carbonyl (C=O) groups is 1. The minimum Gasteiger partial charge on any atom is -0.348 e. The van der Waals surface area contributed by atoms with Crippen LogP contribution in [0.5, 0.6) is 0 Å². The van der Waals surface area contributed by atoms with Gasteiger partial charge in [-0.05, 0) is 43.4 Å². The molecule has 1 aromatic heterocycles.